The Bertz CT molecular complexity index is 585. The van der Waals surface area contributed by atoms with Crippen molar-refractivity contribution in [2.75, 3.05) is 11.9 Å². The van der Waals surface area contributed by atoms with E-state index in [1.807, 2.05) is 6.92 Å². The van der Waals surface area contributed by atoms with Crippen molar-refractivity contribution in [3.8, 4) is 0 Å². The first-order valence-electron chi connectivity index (χ1n) is 6.47. The summed E-state index contributed by atoms with van der Waals surface area (Å²) >= 11 is 5.87. The van der Waals surface area contributed by atoms with E-state index < -0.39 is 23.8 Å². The minimum atomic E-state index is -4.53. The van der Waals surface area contributed by atoms with Gasteiger partial charge in [-0.25, -0.2) is 4.68 Å². The van der Waals surface area contributed by atoms with Crippen LogP contribution in [0.2, 0.25) is 5.02 Å². The van der Waals surface area contributed by atoms with Gasteiger partial charge in [-0.1, -0.05) is 11.6 Å². The maximum absolute atomic E-state index is 12.3. The van der Waals surface area contributed by atoms with Gasteiger partial charge in [0.15, 0.2) is 0 Å². The third-order valence-corrected chi connectivity index (χ3v) is 4.00. The van der Waals surface area contributed by atoms with Crippen LogP contribution in [0.1, 0.15) is 19.8 Å². The SMILES string of the molecule is CC(CN)(Nc1cnn(CC(F)(F)F)c(=O)c1Cl)C1CC1. The molecule has 1 saturated carbocycles. The molecule has 3 N–H and O–H groups in total. The number of aromatic nitrogens is 2. The van der Waals surface area contributed by atoms with Gasteiger partial charge in [0.1, 0.15) is 11.6 Å². The number of rotatable bonds is 5. The Hall–Kier alpha value is -1.28. The van der Waals surface area contributed by atoms with Gasteiger partial charge in [-0.15, -0.1) is 0 Å². The fraction of sp³-hybridized carbons (Fsp3) is 0.667. The highest BCUT2D eigenvalue weighted by atomic mass is 35.5. The Morgan fingerprint density at radius 2 is 2.14 bits per heavy atom. The first-order valence-corrected chi connectivity index (χ1v) is 6.85. The maximum Gasteiger partial charge on any atom is 0.408 e. The molecule has 1 atom stereocenters. The van der Waals surface area contributed by atoms with Crippen molar-refractivity contribution in [3.63, 3.8) is 0 Å². The van der Waals surface area contributed by atoms with Gasteiger partial charge < -0.3 is 11.1 Å². The summed E-state index contributed by atoms with van der Waals surface area (Å²) in [5.74, 6) is 0.358. The van der Waals surface area contributed by atoms with Crippen LogP contribution in [0.3, 0.4) is 0 Å². The number of nitrogens with zero attached hydrogens (tertiary/aromatic N) is 2. The molecule has 118 valence electrons. The molecule has 1 aromatic heterocycles. The van der Waals surface area contributed by atoms with Crippen LogP contribution in [-0.2, 0) is 6.54 Å². The number of alkyl halides is 3. The molecule has 5 nitrogen and oxygen atoms in total. The molecule has 0 radical (unpaired) electrons. The lowest BCUT2D eigenvalue weighted by Gasteiger charge is -2.31. The molecule has 1 fully saturated rings. The second-order valence-corrected chi connectivity index (χ2v) is 5.85. The molecule has 0 saturated heterocycles. The molecule has 21 heavy (non-hydrogen) atoms. The first-order chi connectivity index (χ1) is 9.66. The zero-order valence-corrected chi connectivity index (χ0v) is 12.1. The van der Waals surface area contributed by atoms with Crippen molar-refractivity contribution in [3.05, 3.63) is 21.6 Å². The summed E-state index contributed by atoms with van der Waals surface area (Å²) in [5, 5.41) is 6.26. The van der Waals surface area contributed by atoms with E-state index in [-0.39, 0.29) is 10.7 Å². The molecule has 1 aromatic rings. The molecule has 2 rings (SSSR count). The highest BCUT2D eigenvalue weighted by molar-refractivity contribution is 6.32. The van der Waals surface area contributed by atoms with Gasteiger partial charge in [-0.05, 0) is 25.7 Å². The molecule has 9 heteroatoms. The standard InChI is InChI=1S/C12H16ClF3N4O/c1-11(5-17,7-2-3-7)19-8-4-18-20(6-12(14,15)16)10(21)9(8)13/h4,7,19H,2-3,5-6,17H2,1H3. The van der Waals surface area contributed by atoms with Crippen molar-refractivity contribution in [1.82, 2.24) is 9.78 Å². The highest BCUT2D eigenvalue weighted by Crippen LogP contribution is 2.41. The molecule has 0 aliphatic heterocycles. The fourth-order valence-corrected chi connectivity index (χ4v) is 2.38. The summed E-state index contributed by atoms with van der Waals surface area (Å²) in [5.41, 5.74) is 4.52. The van der Waals surface area contributed by atoms with Gasteiger partial charge in [0, 0.05) is 12.1 Å². The Balaban J connectivity index is 2.26. The van der Waals surface area contributed by atoms with Gasteiger partial charge in [-0.3, -0.25) is 4.79 Å². The van der Waals surface area contributed by atoms with Crippen LogP contribution >= 0.6 is 11.6 Å². The van der Waals surface area contributed by atoms with Crippen LogP contribution in [0.4, 0.5) is 18.9 Å². The number of nitrogens with one attached hydrogen (secondary N) is 1. The quantitative estimate of drug-likeness (QED) is 0.869. The number of halogens is 4. The number of hydrogen-bond donors (Lipinski definition) is 2. The van der Waals surface area contributed by atoms with Crippen LogP contribution in [-0.4, -0.2) is 28.0 Å². The van der Waals surface area contributed by atoms with E-state index in [1.54, 1.807) is 0 Å². The number of hydrogen-bond acceptors (Lipinski definition) is 4. The lowest BCUT2D eigenvalue weighted by molar-refractivity contribution is -0.143. The van der Waals surface area contributed by atoms with E-state index in [0.29, 0.717) is 17.1 Å². The fourth-order valence-electron chi connectivity index (χ4n) is 2.18. The van der Waals surface area contributed by atoms with Crippen molar-refractivity contribution in [2.24, 2.45) is 11.7 Å². The lowest BCUT2D eigenvalue weighted by atomic mass is 9.96. The lowest BCUT2D eigenvalue weighted by Crippen LogP contribution is -2.45. The summed E-state index contributed by atoms with van der Waals surface area (Å²) in [6, 6.07) is 0. The first kappa shape index (κ1) is 16.1. The molecule has 0 amide bonds. The van der Waals surface area contributed by atoms with Crippen molar-refractivity contribution in [2.45, 2.75) is 38.0 Å². The Labute approximate surface area is 124 Å². The molecular weight excluding hydrogens is 309 g/mol. The second kappa shape index (κ2) is 5.49. The molecule has 1 heterocycles. The molecule has 0 aromatic carbocycles. The second-order valence-electron chi connectivity index (χ2n) is 5.47. The zero-order valence-electron chi connectivity index (χ0n) is 11.4. The Kier molecular flexibility index (Phi) is 4.21. The molecule has 0 spiro atoms. The smallest absolute Gasteiger partial charge is 0.376 e. The molecule has 0 bridgehead atoms. The van der Waals surface area contributed by atoms with Crippen molar-refractivity contribution in [1.29, 1.82) is 0 Å². The van der Waals surface area contributed by atoms with Crippen molar-refractivity contribution < 1.29 is 13.2 Å². The van der Waals surface area contributed by atoms with E-state index >= 15 is 0 Å². The van der Waals surface area contributed by atoms with E-state index in [0.717, 1.165) is 19.0 Å². The summed E-state index contributed by atoms with van der Waals surface area (Å²) in [6.07, 6.45) is -1.38. The largest absolute Gasteiger partial charge is 0.408 e. The third-order valence-electron chi connectivity index (χ3n) is 3.64. The van der Waals surface area contributed by atoms with Crippen LogP contribution in [0, 0.1) is 5.92 Å². The Morgan fingerprint density at radius 3 is 2.62 bits per heavy atom. The van der Waals surface area contributed by atoms with E-state index in [2.05, 4.69) is 10.4 Å². The van der Waals surface area contributed by atoms with Crippen LogP contribution in [0.25, 0.3) is 0 Å². The van der Waals surface area contributed by atoms with Gasteiger partial charge in [0.05, 0.1) is 11.9 Å². The van der Waals surface area contributed by atoms with E-state index in [9.17, 15) is 18.0 Å². The minimum Gasteiger partial charge on any atom is -0.376 e. The summed E-state index contributed by atoms with van der Waals surface area (Å²) < 4.78 is 37.3. The van der Waals surface area contributed by atoms with Crippen LogP contribution in [0.15, 0.2) is 11.0 Å². The summed E-state index contributed by atoms with van der Waals surface area (Å²) in [4.78, 5) is 11.8. The topological polar surface area (TPSA) is 72.9 Å². The zero-order chi connectivity index (χ0) is 15.8. The molecule has 1 unspecified atom stereocenters. The van der Waals surface area contributed by atoms with Gasteiger partial charge in [-0.2, -0.15) is 18.3 Å². The monoisotopic (exact) mass is 324 g/mol. The minimum absolute atomic E-state index is 0.208. The molecule has 1 aliphatic rings. The number of nitrogens with two attached hydrogens (primary N) is 1. The molecular formula is C12H16ClF3N4O. The molecule has 1 aliphatic carbocycles. The summed E-state index contributed by atoms with van der Waals surface area (Å²) in [6.45, 7) is 0.741. The van der Waals surface area contributed by atoms with Gasteiger partial charge in [0.2, 0.25) is 0 Å². The van der Waals surface area contributed by atoms with E-state index in [4.69, 9.17) is 17.3 Å². The summed E-state index contributed by atoms with van der Waals surface area (Å²) in [7, 11) is 0. The van der Waals surface area contributed by atoms with Crippen LogP contribution < -0.4 is 16.6 Å². The predicted octanol–water partition coefficient (Wildman–Crippen LogP) is 2.00. The average molecular weight is 325 g/mol. The predicted molar refractivity (Wildman–Crippen MR) is 73.4 cm³/mol. The van der Waals surface area contributed by atoms with E-state index in [1.165, 1.54) is 0 Å². The third kappa shape index (κ3) is 3.68. The maximum atomic E-state index is 12.3. The number of anilines is 1. The van der Waals surface area contributed by atoms with Gasteiger partial charge >= 0.3 is 6.18 Å². The highest BCUT2D eigenvalue weighted by Gasteiger charge is 2.41. The van der Waals surface area contributed by atoms with Gasteiger partial charge in [0.25, 0.3) is 5.56 Å². The average Bonchev–Trinajstić information content (AvgIpc) is 3.21. The Morgan fingerprint density at radius 1 is 1.52 bits per heavy atom. The van der Waals surface area contributed by atoms with Crippen LogP contribution in [0.5, 0.6) is 0 Å². The normalized spacial score (nSPS) is 18.4. The van der Waals surface area contributed by atoms with Crippen molar-refractivity contribution >= 4 is 17.3 Å².